The molecule has 1 aliphatic rings. The number of hydrogen-bond donors (Lipinski definition) is 1. The maximum Gasteiger partial charge on any atom is 0.242 e. The number of carbonyl (C=O) groups excluding carboxylic acids is 2. The van der Waals surface area contributed by atoms with Crippen molar-refractivity contribution in [3.8, 4) is 0 Å². The molecule has 5 nitrogen and oxygen atoms in total. The number of thioether (sulfide) groups is 1. The average molecular weight is 312 g/mol. The number of aliphatic imine (C=N–C) groups is 1. The molecule has 0 saturated carbocycles. The van der Waals surface area contributed by atoms with Gasteiger partial charge in [0.2, 0.25) is 11.8 Å². The van der Waals surface area contributed by atoms with Crippen molar-refractivity contribution in [1.29, 1.82) is 0 Å². The number of anilines is 1. The van der Waals surface area contributed by atoms with Crippen LogP contribution < -0.4 is 5.32 Å². The Morgan fingerprint density at radius 3 is 2.90 bits per heavy atom. The minimum Gasteiger partial charge on any atom is -0.326 e. The lowest BCUT2D eigenvalue weighted by Gasteiger charge is -2.09. The lowest BCUT2D eigenvalue weighted by atomic mass is 10.2. The maximum absolute atomic E-state index is 11.9. The van der Waals surface area contributed by atoms with E-state index < -0.39 is 5.25 Å². The quantitative estimate of drug-likeness (QED) is 0.931. The predicted molar refractivity (Wildman–Crippen MR) is 82.2 cm³/mol. The van der Waals surface area contributed by atoms with Crippen LogP contribution in [0.25, 0.3) is 0 Å². The highest BCUT2D eigenvalue weighted by Gasteiger charge is 2.36. The largest absolute Gasteiger partial charge is 0.326 e. The third kappa shape index (κ3) is 3.32. The van der Waals surface area contributed by atoms with Crippen LogP contribution in [0.2, 0.25) is 5.02 Å². The zero-order valence-corrected chi connectivity index (χ0v) is 12.7. The van der Waals surface area contributed by atoms with Crippen LogP contribution in [0.1, 0.15) is 6.42 Å². The Kier molecular flexibility index (Phi) is 4.67. The number of benzene rings is 1. The van der Waals surface area contributed by atoms with Gasteiger partial charge in [-0.25, -0.2) is 0 Å². The SMILES string of the molecule is CN=C1SC(CC(=O)Nc2cccc(Cl)c2)C(=O)N1C. The van der Waals surface area contributed by atoms with E-state index in [0.717, 1.165) is 0 Å². The number of nitrogens with one attached hydrogen (secondary N) is 1. The summed E-state index contributed by atoms with van der Waals surface area (Å²) >= 11 is 7.16. The lowest BCUT2D eigenvalue weighted by Crippen LogP contribution is -2.30. The van der Waals surface area contributed by atoms with Gasteiger partial charge in [-0.1, -0.05) is 29.4 Å². The molecule has 0 radical (unpaired) electrons. The molecule has 1 aromatic rings. The molecule has 0 aliphatic carbocycles. The molecule has 2 rings (SSSR count). The van der Waals surface area contributed by atoms with Crippen molar-refractivity contribution in [2.24, 2.45) is 4.99 Å². The van der Waals surface area contributed by atoms with Crippen molar-refractivity contribution in [2.45, 2.75) is 11.7 Å². The van der Waals surface area contributed by atoms with Crippen molar-refractivity contribution >= 4 is 46.0 Å². The summed E-state index contributed by atoms with van der Waals surface area (Å²) in [7, 11) is 3.28. The minimum absolute atomic E-state index is 0.100. The van der Waals surface area contributed by atoms with Crippen molar-refractivity contribution in [2.75, 3.05) is 19.4 Å². The molecule has 1 fully saturated rings. The van der Waals surface area contributed by atoms with E-state index in [1.54, 1.807) is 38.4 Å². The second-order valence-corrected chi connectivity index (χ2v) is 5.88. The molecule has 0 bridgehead atoms. The molecule has 1 N–H and O–H groups in total. The van der Waals surface area contributed by atoms with E-state index in [9.17, 15) is 9.59 Å². The predicted octanol–water partition coefficient (Wildman–Crippen LogP) is 2.23. The van der Waals surface area contributed by atoms with Crippen LogP contribution in [0, 0.1) is 0 Å². The van der Waals surface area contributed by atoms with Crippen LogP contribution in [0.15, 0.2) is 29.3 Å². The topological polar surface area (TPSA) is 61.8 Å². The Labute approximate surface area is 126 Å². The van der Waals surface area contributed by atoms with Crippen molar-refractivity contribution < 1.29 is 9.59 Å². The van der Waals surface area contributed by atoms with Gasteiger partial charge in [0.25, 0.3) is 0 Å². The third-order valence-corrected chi connectivity index (χ3v) is 4.37. The first-order chi connectivity index (χ1) is 9.51. The minimum atomic E-state index is -0.419. The van der Waals surface area contributed by atoms with Crippen LogP contribution in [0.3, 0.4) is 0 Å². The number of amidine groups is 1. The summed E-state index contributed by atoms with van der Waals surface area (Å²) < 4.78 is 0. The Balaban J connectivity index is 1.97. The number of hydrogen-bond acceptors (Lipinski definition) is 4. The van der Waals surface area contributed by atoms with E-state index in [0.29, 0.717) is 15.9 Å². The second-order valence-electron chi connectivity index (χ2n) is 4.27. The molecule has 1 atom stereocenters. The van der Waals surface area contributed by atoms with E-state index in [1.807, 2.05) is 0 Å². The molecule has 1 aromatic carbocycles. The second kappa shape index (κ2) is 6.28. The Morgan fingerprint density at radius 1 is 1.55 bits per heavy atom. The number of halogens is 1. The smallest absolute Gasteiger partial charge is 0.242 e. The first kappa shape index (κ1) is 14.9. The molecule has 1 heterocycles. The monoisotopic (exact) mass is 311 g/mol. The van der Waals surface area contributed by atoms with E-state index in [1.165, 1.54) is 16.7 Å². The van der Waals surface area contributed by atoms with Gasteiger partial charge < -0.3 is 5.32 Å². The normalized spacial score (nSPS) is 20.6. The van der Waals surface area contributed by atoms with E-state index in [-0.39, 0.29) is 18.2 Å². The van der Waals surface area contributed by atoms with Crippen LogP contribution >= 0.6 is 23.4 Å². The van der Waals surface area contributed by atoms with Crippen molar-refractivity contribution in [1.82, 2.24) is 4.90 Å². The fourth-order valence-electron chi connectivity index (χ4n) is 1.85. The van der Waals surface area contributed by atoms with Crippen LogP contribution in [0.5, 0.6) is 0 Å². The van der Waals surface area contributed by atoms with E-state index in [2.05, 4.69) is 10.3 Å². The summed E-state index contributed by atoms with van der Waals surface area (Å²) in [5.74, 6) is -0.319. The number of nitrogens with zero attached hydrogens (tertiary/aromatic N) is 2. The standard InChI is InChI=1S/C13H14ClN3O2S/c1-15-13-17(2)12(19)10(20-13)7-11(18)16-9-5-3-4-8(14)6-9/h3-6,10H,7H2,1-2H3,(H,16,18). The van der Waals surface area contributed by atoms with Crippen LogP contribution in [-0.4, -0.2) is 41.2 Å². The van der Waals surface area contributed by atoms with Gasteiger partial charge in [0.15, 0.2) is 5.17 Å². The Bertz CT molecular complexity index is 576. The van der Waals surface area contributed by atoms with E-state index >= 15 is 0 Å². The number of amides is 2. The maximum atomic E-state index is 11.9. The van der Waals surface area contributed by atoms with Gasteiger partial charge in [0.1, 0.15) is 5.25 Å². The molecular formula is C13H14ClN3O2S. The molecular weight excluding hydrogens is 298 g/mol. The summed E-state index contributed by atoms with van der Waals surface area (Å²) in [5, 5.41) is 3.50. The lowest BCUT2D eigenvalue weighted by molar-refractivity contribution is -0.127. The summed E-state index contributed by atoms with van der Waals surface area (Å²) in [6.45, 7) is 0. The highest BCUT2D eigenvalue weighted by atomic mass is 35.5. The first-order valence-corrected chi connectivity index (χ1v) is 7.23. The van der Waals surface area contributed by atoms with Gasteiger partial charge in [-0.2, -0.15) is 0 Å². The molecule has 20 heavy (non-hydrogen) atoms. The molecule has 0 aromatic heterocycles. The molecule has 1 aliphatic heterocycles. The molecule has 2 amide bonds. The van der Waals surface area contributed by atoms with Crippen molar-refractivity contribution in [3.05, 3.63) is 29.3 Å². The van der Waals surface area contributed by atoms with Gasteiger partial charge in [0, 0.05) is 31.2 Å². The van der Waals surface area contributed by atoms with Gasteiger partial charge >= 0.3 is 0 Å². The van der Waals surface area contributed by atoms with E-state index in [4.69, 9.17) is 11.6 Å². The molecule has 7 heteroatoms. The Hall–Kier alpha value is -1.53. The summed E-state index contributed by atoms with van der Waals surface area (Å²) in [6, 6.07) is 6.89. The van der Waals surface area contributed by atoms with Crippen LogP contribution in [-0.2, 0) is 9.59 Å². The van der Waals surface area contributed by atoms with Gasteiger partial charge in [0.05, 0.1) is 0 Å². The first-order valence-electron chi connectivity index (χ1n) is 5.97. The van der Waals surface area contributed by atoms with Crippen molar-refractivity contribution in [3.63, 3.8) is 0 Å². The number of rotatable bonds is 3. The number of carbonyl (C=O) groups is 2. The highest BCUT2D eigenvalue weighted by Crippen LogP contribution is 2.28. The fraction of sp³-hybridized carbons (Fsp3) is 0.308. The molecule has 0 spiro atoms. The molecule has 1 unspecified atom stereocenters. The highest BCUT2D eigenvalue weighted by molar-refractivity contribution is 8.15. The van der Waals surface area contributed by atoms with Gasteiger partial charge in [-0.15, -0.1) is 0 Å². The average Bonchev–Trinajstić information content (AvgIpc) is 2.66. The van der Waals surface area contributed by atoms with Crippen LogP contribution in [0.4, 0.5) is 5.69 Å². The van der Waals surface area contributed by atoms with Gasteiger partial charge in [-0.05, 0) is 18.2 Å². The zero-order valence-electron chi connectivity index (χ0n) is 11.1. The summed E-state index contributed by atoms with van der Waals surface area (Å²) in [4.78, 5) is 29.4. The fourth-order valence-corrected chi connectivity index (χ4v) is 3.14. The summed E-state index contributed by atoms with van der Waals surface area (Å²) in [5.41, 5.74) is 0.621. The van der Waals surface area contributed by atoms with Gasteiger partial charge in [-0.3, -0.25) is 19.5 Å². The molecule has 106 valence electrons. The zero-order chi connectivity index (χ0) is 14.7. The summed E-state index contributed by atoms with van der Waals surface area (Å²) in [6.07, 6.45) is 0.110. The molecule has 1 saturated heterocycles. The Morgan fingerprint density at radius 2 is 2.30 bits per heavy atom. The third-order valence-electron chi connectivity index (χ3n) is 2.81.